The molecule has 2 aromatic carbocycles. The van der Waals surface area contributed by atoms with Crippen molar-refractivity contribution in [3.05, 3.63) is 78.2 Å². The average Bonchev–Trinajstić information content (AvgIpc) is 2.64. The minimum Gasteiger partial charge on any atom is -0.327 e. The van der Waals surface area contributed by atoms with Gasteiger partial charge in [-0.3, -0.25) is 4.79 Å². The number of nitrogens with zero attached hydrogens (tertiary/aromatic N) is 3. The zero-order valence-corrected chi connectivity index (χ0v) is 14.3. The number of carbonyl (C=O) groups excluding carboxylic acids is 1. The Hall–Kier alpha value is -3.21. The first-order chi connectivity index (χ1) is 12.2. The molecule has 126 valence electrons. The van der Waals surface area contributed by atoms with Gasteiger partial charge in [0.15, 0.2) is 0 Å². The molecule has 0 aliphatic rings. The number of amides is 1. The first kappa shape index (κ1) is 16.6. The van der Waals surface area contributed by atoms with Crippen LogP contribution in [-0.4, -0.2) is 22.4 Å². The predicted molar refractivity (Wildman–Crippen MR) is 100 cm³/mol. The predicted octanol–water partition coefficient (Wildman–Crippen LogP) is 4.20. The molecule has 0 radical (unpaired) electrons. The number of benzene rings is 2. The third-order valence-electron chi connectivity index (χ3n) is 3.75. The quantitative estimate of drug-likeness (QED) is 0.761. The van der Waals surface area contributed by atoms with Crippen LogP contribution in [0, 0.1) is 6.92 Å². The van der Waals surface area contributed by atoms with Gasteiger partial charge in [0, 0.05) is 24.0 Å². The number of aromatic nitrogens is 2. The van der Waals surface area contributed by atoms with Crippen LogP contribution in [0.3, 0.4) is 0 Å². The van der Waals surface area contributed by atoms with Gasteiger partial charge in [-0.15, -0.1) is 0 Å². The van der Waals surface area contributed by atoms with Gasteiger partial charge in [0.1, 0.15) is 17.3 Å². The largest absolute Gasteiger partial charge is 0.327 e. The summed E-state index contributed by atoms with van der Waals surface area (Å²) in [6, 6.07) is 21.0. The number of hydrogen-bond acceptors (Lipinski definition) is 4. The molecule has 1 aromatic heterocycles. The van der Waals surface area contributed by atoms with Crippen molar-refractivity contribution in [2.75, 3.05) is 16.8 Å². The lowest BCUT2D eigenvalue weighted by Crippen LogP contribution is -2.20. The Morgan fingerprint density at radius 1 is 1.00 bits per heavy atom. The van der Waals surface area contributed by atoms with Crippen LogP contribution in [0.4, 0.5) is 17.2 Å². The summed E-state index contributed by atoms with van der Waals surface area (Å²) in [5.74, 6) is 1.02. The molecule has 0 bridgehead atoms. The van der Waals surface area contributed by atoms with E-state index in [-0.39, 0.29) is 5.91 Å². The molecule has 5 heteroatoms. The summed E-state index contributed by atoms with van der Waals surface area (Å²) >= 11 is 0. The van der Waals surface area contributed by atoms with Crippen molar-refractivity contribution in [1.29, 1.82) is 0 Å². The van der Waals surface area contributed by atoms with Gasteiger partial charge >= 0.3 is 0 Å². The van der Waals surface area contributed by atoms with Crippen molar-refractivity contribution in [3.63, 3.8) is 0 Å². The molecule has 3 aromatic rings. The molecular weight excluding hydrogens is 312 g/mol. The minimum atomic E-state index is -0.248. The lowest BCUT2D eigenvalue weighted by Gasteiger charge is -2.22. The van der Waals surface area contributed by atoms with Gasteiger partial charge in [-0.25, -0.2) is 9.97 Å². The summed E-state index contributed by atoms with van der Waals surface area (Å²) in [5, 5.41) is 2.86. The van der Waals surface area contributed by atoms with Gasteiger partial charge in [-0.05, 0) is 38.1 Å². The van der Waals surface area contributed by atoms with Crippen LogP contribution in [0.25, 0.3) is 0 Å². The molecule has 3 rings (SSSR count). The summed E-state index contributed by atoms with van der Waals surface area (Å²) in [6.07, 6.45) is 0. The van der Waals surface area contributed by atoms with Crippen molar-refractivity contribution in [3.8, 4) is 0 Å². The molecule has 25 heavy (non-hydrogen) atoms. The molecule has 1 N–H and O–H groups in total. The van der Waals surface area contributed by atoms with E-state index in [9.17, 15) is 4.79 Å². The molecule has 1 heterocycles. The maximum absolute atomic E-state index is 12.5. The van der Waals surface area contributed by atoms with Crippen molar-refractivity contribution < 1.29 is 4.79 Å². The summed E-state index contributed by atoms with van der Waals surface area (Å²) < 4.78 is 0. The normalized spacial score (nSPS) is 10.3. The molecule has 0 unspecified atom stereocenters. The fraction of sp³-hybridized carbons (Fsp3) is 0.150. The Kier molecular flexibility index (Phi) is 5.04. The molecule has 0 aliphatic heterocycles. The van der Waals surface area contributed by atoms with Crippen molar-refractivity contribution in [2.24, 2.45) is 0 Å². The summed E-state index contributed by atoms with van der Waals surface area (Å²) in [7, 11) is 0. The van der Waals surface area contributed by atoms with Crippen LogP contribution in [0.15, 0.2) is 66.7 Å². The highest BCUT2D eigenvalue weighted by Gasteiger charge is 2.15. The smallest absolute Gasteiger partial charge is 0.274 e. The van der Waals surface area contributed by atoms with Gasteiger partial charge in [-0.1, -0.05) is 36.4 Å². The second-order valence-corrected chi connectivity index (χ2v) is 5.56. The monoisotopic (exact) mass is 332 g/mol. The van der Waals surface area contributed by atoms with Crippen molar-refractivity contribution in [1.82, 2.24) is 9.97 Å². The highest BCUT2D eigenvalue weighted by Crippen LogP contribution is 2.23. The zero-order chi connectivity index (χ0) is 17.6. The molecule has 1 amide bonds. The molecule has 0 atom stereocenters. The highest BCUT2D eigenvalue weighted by atomic mass is 16.1. The second kappa shape index (κ2) is 7.57. The first-order valence-electron chi connectivity index (χ1n) is 8.22. The highest BCUT2D eigenvalue weighted by molar-refractivity contribution is 6.03. The van der Waals surface area contributed by atoms with Crippen LogP contribution in [0.5, 0.6) is 0 Å². The Morgan fingerprint density at radius 3 is 2.28 bits per heavy atom. The number of hydrogen-bond donors (Lipinski definition) is 1. The Morgan fingerprint density at radius 2 is 1.64 bits per heavy atom. The number of rotatable bonds is 5. The second-order valence-electron chi connectivity index (χ2n) is 5.56. The van der Waals surface area contributed by atoms with E-state index in [1.54, 1.807) is 13.0 Å². The molecule has 0 spiro atoms. The van der Waals surface area contributed by atoms with Crippen LogP contribution in [0.2, 0.25) is 0 Å². The maximum atomic E-state index is 12.5. The minimum absolute atomic E-state index is 0.248. The van der Waals surface area contributed by atoms with E-state index in [4.69, 9.17) is 0 Å². The third kappa shape index (κ3) is 4.01. The lowest BCUT2D eigenvalue weighted by molar-refractivity contribution is 0.102. The number of anilines is 3. The molecule has 0 saturated heterocycles. The Bertz CT molecular complexity index is 850. The van der Waals surface area contributed by atoms with Gasteiger partial charge in [-0.2, -0.15) is 0 Å². The van der Waals surface area contributed by atoms with Gasteiger partial charge in [0.2, 0.25) is 0 Å². The van der Waals surface area contributed by atoms with Crippen LogP contribution in [0.1, 0.15) is 23.2 Å². The van der Waals surface area contributed by atoms with E-state index in [1.165, 1.54) is 0 Å². The fourth-order valence-electron chi connectivity index (χ4n) is 2.61. The van der Waals surface area contributed by atoms with Crippen LogP contribution in [-0.2, 0) is 0 Å². The number of aryl methyl sites for hydroxylation is 1. The summed E-state index contributed by atoms with van der Waals surface area (Å²) in [4.78, 5) is 23.4. The summed E-state index contributed by atoms with van der Waals surface area (Å²) in [5.41, 5.74) is 2.11. The SMILES string of the molecule is CCN(c1ccccc1)c1cc(C(=O)Nc2ccccc2)nc(C)n1. The fourth-order valence-corrected chi connectivity index (χ4v) is 2.61. The Balaban J connectivity index is 1.91. The summed E-state index contributed by atoms with van der Waals surface area (Å²) in [6.45, 7) is 4.58. The Labute approximate surface area is 147 Å². The van der Waals surface area contributed by atoms with Crippen LogP contribution >= 0.6 is 0 Å². The van der Waals surface area contributed by atoms with E-state index >= 15 is 0 Å². The van der Waals surface area contributed by atoms with Gasteiger partial charge < -0.3 is 10.2 Å². The van der Waals surface area contributed by atoms with Crippen molar-refractivity contribution >= 4 is 23.1 Å². The number of nitrogens with one attached hydrogen (secondary N) is 1. The van der Waals surface area contributed by atoms with E-state index in [0.29, 0.717) is 17.3 Å². The van der Waals surface area contributed by atoms with E-state index in [2.05, 4.69) is 15.3 Å². The third-order valence-corrected chi connectivity index (χ3v) is 3.75. The molecular formula is C20H20N4O. The molecule has 0 saturated carbocycles. The van der Waals surface area contributed by atoms with E-state index in [0.717, 1.165) is 17.9 Å². The molecule has 0 aliphatic carbocycles. The standard InChI is InChI=1S/C20H20N4O/c1-3-24(17-12-8-5-9-13-17)19-14-18(21-15(2)22-19)20(25)23-16-10-6-4-7-11-16/h4-14H,3H2,1-2H3,(H,23,25). The average molecular weight is 332 g/mol. The molecule has 0 fully saturated rings. The van der Waals surface area contributed by atoms with Crippen molar-refractivity contribution in [2.45, 2.75) is 13.8 Å². The zero-order valence-electron chi connectivity index (χ0n) is 14.3. The topological polar surface area (TPSA) is 58.1 Å². The lowest BCUT2D eigenvalue weighted by atomic mass is 10.2. The number of para-hydroxylation sites is 2. The van der Waals surface area contributed by atoms with Crippen LogP contribution < -0.4 is 10.2 Å². The molecule has 5 nitrogen and oxygen atoms in total. The van der Waals surface area contributed by atoms with Gasteiger partial charge in [0.05, 0.1) is 0 Å². The maximum Gasteiger partial charge on any atom is 0.274 e. The first-order valence-corrected chi connectivity index (χ1v) is 8.22. The van der Waals surface area contributed by atoms with Gasteiger partial charge in [0.25, 0.3) is 5.91 Å². The van der Waals surface area contributed by atoms with E-state index in [1.807, 2.05) is 72.5 Å². The number of carbonyl (C=O) groups is 1. The van der Waals surface area contributed by atoms with E-state index < -0.39 is 0 Å².